The molecule has 0 unspecified atom stereocenters. The van der Waals surface area contributed by atoms with Crippen LogP contribution in [0.25, 0.3) is 0 Å². The van der Waals surface area contributed by atoms with Gasteiger partial charge in [-0.05, 0) is 48.0 Å². The van der Waals surface area contributed by atoms with Gasteiger partial charge in [0.15, 0.2) is 0 Å². The summed E-state index contributed by atoms with van der Waals surface area (Å²) in [4.78, 5) is 0. The Labute approximate surface area is 95.4 Å². The number of thioether (sulfide) groups is 1. The first-order valence-corrected chi connectivity index (χ1v) is 6.76. The Morgan fingerprint density at radius 3 is 2.85 bits per heavy atom. The molecule has 2 rings (SSSR count). The Kier molecular flexibility index (Phi) is 3.03. The second kappa shape index (κ2) is 3.93. The fraction of sp³-hybridized carbons (Fsp3) is 0.556. The number of thiophene rings is 1. The maximum Gasteiger partial charge on any atom is 0.0710 e. The molecule has 1 N–H and O–H groups in total. The molecule has 1 saturated carbocycles. The van der Waals surface area contributed by atoms with Crippen molar-refractivity contribution in [3.8, 4) is 0 Å². The van der Waals surface area contributed by atoms with Gasteiger partial charge in [0.1, 0.15) is 0 Å². The average molecular weight is 278 g/mol. The van der Waals surface area contributed by atoms with Gasteiger partial charge in [-0.25, -0.2) is 0 Å². The Hall–Kier alpha value is 0.490. The smallest absolute Gasteiger partial charge is 0.0710 e. The lowest BCUT2D eigenvalue weighted by Gasteiger charge is -2.11. The summed E-state index contributed by atoms with van der Waals surface area (Å²) in [6, 6.07) is 4.33. The van der Waals surface area contributed by atoms with Crippen LogP contribution in [0.3, 0.4) is 0 Å². The van der Waals surface area contributed by atoms with Crippen molar-refractivity contribution in [2.75, 3.05) is 13.6 Å². The third-order valence-corrected chi connectivity index (χ3v) is 5.41. The summed E-state index contributed by atoms with van der Waals surface area (Å²) >= 11 is 7.35. The molecule has 0 bridgehead atoms. The van der Waals surface area contributed by atoms with E-state index in [-0.39, 0.29) is 0 Å². The highest BCUT2D eigenvalue weighted by molar-refractivity contribution is 9.11. The zero-order chi connectivity index (χ0) is 9.31. The largest absolute Gasteiger partial charge is 0.318 e. The normalized spacial score (nSPS) is 18.9. The minimum atomic E-state index is 0.513. The van der Waals surface area contributed by atoms with Crippen LogP contribution in [0, 0.1) is 0 Å². The van der Waals surface area contributed by atoms with E-state index >= 15 is 0 Å². The van der Waals surface area contributed by atoms with Gasteiger partial charge >= 0.3 is 0 Å². The topological polar surface area (TPSA) is 12.0 Å². The van der Waals surface area contributed by atoms with Gasteiger partial charge in [-0.2, -0.15) is 0 Å². The van der Waals surface area contributed by atoms with Crippen LogP contribution >= 0.6 is 39.0 Å². The van der Waals surface area contributed by atoms with E-state index in [1.807, 2.05) is 30.1 Å². The van der Waals surface area contributed by atoms with Crippen molar-refractivity contribution in [1.29, 1.82) is 0 Å². The van der Waals surface area contributed by atoms with E-state index in [9.17, 15) is 0 Å². The highest BCUT2D eigenvalue weighted by Crippen LogP contribution is 2.52. The Morgan fingerprint density at radius 1 is 1.62 bits per heavy atom. The van der Waals surface area contributed by atoms with Crippen LogP contribution < -0.4 is 5.32 Å². The minimum Gasteiger partial charge on any atom is -0.318 e. The SMILES string of the molecule is CNCC1(Sc2ccc(Br)s2)CC1. The molecule has 1 aliphatic carbocycles. The Bertz CT molecular complexity index is 294. The molecule has 1 aromatic heterocycles. The van der Waals surface area contributed by atoms with Crippen LogP contribution in [0.2, 0.25) is 0 Å². The molecule has 1 heterocycles. The van der Waals surface area contributed by atoms with Crippen molar-refractivity contribution in [2.24, 2.45) is 0 Å². The second-order valence-corrected chi connectivity index (χ2v) is 7.61. The molecule has 1 aromatic rings. The first-order valence-electron chi connectivity index (χ1n) is 4.33. The van der Waals surface area contributed by atoms with Crippen LogP contribution in [0.4, 0.5) is 0 Å². The molecular weight excluding hydrogens is 266 g/mol. The average Bonchev–Trinajstić information content (AvgIpc) is 2.70. The molecular formula is C9H12BrNS2. The summed E-state index contributed by atoms with van der Waals surface area (Å²) in [7, 11) is 2.03. The molecule has 0 aliphatic heterocycles. The molecule has 1 fully saturated rings. The van der Waals surface area contributed by atoms with Crippen LogP contribution in [0.15, 0.2) is 20.1 Å². The Morgan fingerprint density at radius 2 is 2.38 bits per heavy atom. The van der Waals surface area contributed by atoms with E-state index in [0.29, 0.717) is 4.75 Å². The number of rotatable bonds is 4. The standard InChI is InChI=1S/C9H12BrNS2/c1-11-6-9(4-5-9)13-8-3-2-7(10)12-8/h2-3,11H,4-6H2,1H3. The van der Waals surface area contributed by atoms with Crippen LogP contribution in [-0.4, -0.2) is 18.3 Å². The fourth-order valence-electron chi connectivity index (χ4n) is 1.34. The zero-order valence-corrected chi connectivity index (χ0v) is 10.7. The fourth-order valence-corrected chi connectivity index (χ4v) is 4.84. The molecule has 0 saturated heterocycles. The van der Waals surface area contributed by atoms with E-state index < -0.39 is 0 Å². The van der Waals surface area contributed by atoms with E-state index in [1.165, 1.54) is 20.8 Å². The molecule has 13 heavy (non-hydrogen) atoms. The first-order chi connectivity index (χ1) is 6.24. The monoisotopic (exact) mass is 277 g/mol. The maximum absolute atomic E-state index is 3.49. The molecule has 0 atom stereocenters. The molecule has 72 valence electrons. The first kappa shape index (κ1) is 10.0. The predicted octanol–water partition coefficient (Wildman–Crippen LogP) is 3.35. The molecule has 1 aliphatic rings. The summed E-state index contributed by atoms with van der Waals surface area (Å²) in [5.74, 6) is 0. The van der Waals surface area contributed by atoms with Crippen molar-refractivity contribution < 1.29 is 0 Å². The molecule has 1 nitrogen and oxygen atoms in total. The van der Waals surface area contributed by atoms with Crippen LogP contribution in [-0.2, 0) is 0 Å². The van der Waals surface area contributed by atoms with Gasteiger partial charge in [-0.1, -0.05) is 0 Å². The maximum atomic E-state index is 3.49. The van der Waals surface area contributed by atoms with Crippen molar-refractivity contribution in [3.63, 3.8) is 0 Å². The van der Waals surface area contributed by atoms with Gasteiger partial charge < -0.3 is 5.32 Å². The number of hydrogen-bond donors (Lipinski definition) is 1. The molecule has 4 heteroatoms. The van der Waals surface area contributed by atoms with Gasteiger partial charge in [0, 0.05) is 11.3 Å². The summed E-state index contributed by atoms with van der Waals surface area (Å²) in [5, 5.41) is 3.27. The van der Waals surface area contributed by atoms with Crippen molar-refractivity contribution >= 4 is 39.0 Å². The van der Waals surface area contributed by atoms with E-state index in [4.69, 9.17) is 0 Å². The lowest BCUT2D eigenvalue weighted by atomic mass is 10.4. The van der Waals surface area contributed by atoms with Crippen LogP contribution in [0.1, 0.15) is 12.8 Å². The third kappa shape index (κ3) is 2.49. The third-order valence-electron chi connectivity index (χ3n) is 2.17. The number of hydrogen-bond acceptors (Lipinski definition) is 3. The quantitative estimate of drug-likeness (QED) is 0.906. The summed E-state index contributed by atoms with van der Waals surface area (Å²) < 4.78 is 3.17. The number of halogens is 1. The van der Waals surface area contributed by atoms with E-state index in [1.54, 1.807) is 0 Å². The predicted molar refractivity (Wildman–Crippen MR) is 63.8 cm³/mol. The summed E-state index contributed by atoms with van der Waals surface area (Å²) in [6.07, 6.45) is 2.71. The van der Waals surface area contributed by atoms with Gasteiger partial charge in [0.25, 0.3) is 0 Å². The highest BCUT2D eigenvalue weighted by Gasteiger charge is 2.43. The zero-order valence-electron chi connectivity index (χ0n) is 7.47. The molecule has 0 amide bonds. The van der Waals surface area contributed by atoms with Crippen LogP contribution in [0.5, 0.6) is 0 Å². The molecule has 0 aromatic carbocycles. The summed E-state index contributed by atoms with van der Waals surface area (Å²) in [6.45, 7) is 1.13. The molecule has 0 radical (unpaired) electrons. The van der Waals surface area contributed by atoms with Crippen molar-refractivity contribution in [3.05, 3.63) is 15.9 Å². The van der Waals surface area contributed by atoms with E-state index in [2.05, 4.69) is 33.4 Å². The lowest BCUT2D eigenvalue weighted by molar-refractivity contribution is 0.752. The molecule has 0 spiro atoms. The minimum absolute atomic E-state index is 0.513. The van der Waals surface area contributed by atoms with Crippen molar-refractivity contribution in [2.45, 2.75) is 21.8 Å². The summed E-state index contributed by atoms with van der Waals surface area (Å²) in [5.41, 5.74) is 0. The number of nitrogens with one attached hydrogen (secondary N) is 1. The van der Waals surface area contributed by atoms with Crippen molar-refractivity contribution in [1.82, 2.24) is 5.32 Å². The Balaban J connectivity index is 1.98. The van der Waals surface area contributed by atoms with Gasteiger partial charge in [-0.15, -0.1) is 23.1 Å². The second-order valence-electron chi connectivity index (χ2n) is 3.37. The lowest BCUT2D eigenvalue weighted by Crippen LogP contribution is -2.21. The van der Waals surface area contributed by atoms with E-state index in [0.717, 1.165) is 6.54 Å². The van der Waals surface area contributed by atoms with Gasteiger partial charge in [0.2, 0.25) is 0 Å². The highest BCUT2D eigenvalue weighted by atomic mass is 79.9. The van der Waals surface area contributed by atoms with Gasteiger partial charge in [0.05, 0.1) is 8.00 Å². The van der Waals surface area contributed by atoms with Gasteiger partial charge in [-0.3, -0.25) is 0 Å².